The van der Waals surface area contributed by atoms with Crippen LogP contribution in [-0.2, 0) is 21.2 Å². The number of benzene rings is 1. The average molecular weight is 334 g/mol. The van der Waals surface area contributed by atoms with Gasteiger partial charge in [0.15, 0.2) is 0 Å². The van der Waals surface area contributed by atoms with E-state index in [0.29, 0.717) is 26.1 Å². The lowest BCUT2D eigenvalue weighted by molar-refractivity contribution is 0.0572. The van der Waals surface area contributed by atoms with Crippen molar-refractivity contribution in [2.45, 2.75) is 18.1 Å². The second kappa shape index (κ2) is 5.69. The molecular formula is C12H16BrNO3S. The van der Waals surface area contributed by atoms with Gasteiger partial charge in [0.25, 0.3) is 0 Å². The summed E-state index contributed by atoms with van der Waals surface area (Å²) in [4.78, 5) is 0. The highest BCUT2D eigenvalue weighted by Gasteiger charge is 2.33. The van der Waals surface area contributed by atoms with Crippen molar-refractivity contribution in [3.8, 4) is 0 Å². The van der Waals surface area contributed by atoms with E-state index in [-0.39, 0.29) is 5.92 Å². The van der Waals surface area contributed by atoms with E-state index in [9.17, 15) is 8.42 Å². The van der Waals surface area contributed by atoms with Crippen LogP contribution < -0.4 is 5.14 Å². The highest BCUT2D eigenvalue weighted by Crippen LogP contribution is 2.24. The van der Waals surface area contributed by atoms with E-state index in [0.717, 1.165) is 10.0 Å². The van der Waals surface area contributed by atoms with Gasteiger partial charge in [-0.2, -0.15) is 0 Å². The quantitative estimate of drug-likeness (QED) is 0.914. The van der Waals surface area contributed by atoms with Crippen molar-refractivity contribution < 1.29 is 13.2 Å². The lowest BCUT2D eigenvalue weighted by Crippen LogP contribution is -2.42. The molecule has 0 radical (unpaired) electrons. The Bertz CT molecular complexity index is 501. The molecule has 4 nitrogen and oxygen atoms in total. The van der Waals surface area contributed by atoms with Gasteiger partial charge in [0, 0.05) is 17.0 Å². The molecule has 1 aromatic rings. The third-order valence-corrected chi connectivity index (χ3v) is 5.23. The van der Waals surface area contributed by atoms with E-state index in [1.54, 1.807) is 0 Å². The average Bonchev–Trinajstić information content (AvgIpc) is 2.31. The van der Waals surface area contributed by atoms with Gasteiger partial charge in [0.1, 0.15) is 0 Å². The maximum absolute atomic E-state index is 11.6. The minimum atomic E-state index is -3.49. The molecule has 0 aromatic heterocycles. The Morgan fingerprint density at radius 1 is 1.33 bits per heavy atom. The summed E-state index contributed by atoms with van der Waals surface area (Å²) >= 11 is 3.37. The van der Waals surface area contributed by atoms with E-state index in [1.807, 2.05) is 24.3 Å². The predicted octanol–water partition coefficient (Wildman–Crippen LogP) is 1.69. The Hall–Kier alpha value is -0.430. The topological polar surface area (TPSA) is 69.4 Å². The fourth-order valence-electron chi connectivity index (χ4n) is 2.32. The van der Waals surface area contributed by atoms with Gasteiger partial charge in [-0.1, -0.05) is 28.1 Å². The van der Waals surface area contributed by atoms with Gasteiger partial charge in [-0.25, -0.2) is 13.6 Å². The zero-order valence-corrected chi connectivity index (χ0v) is 12.3. The highest BCUT2D eigenvalue weighted by atomic mass is 79.9. The van der Waals surface area contributed by atoms with Crippen molar-refractivity contribution in [1.82, 2.24) is 0 Å². The van der Waals surface area contributed by atoms with Gasteiger partial charge in [-0.05, 0) is 30.5 Å². The summed E-state index contributed by atoms with van der Waals surface area (Å²) < 4.78 is 29.5. The van der Waals surface area contributed by atoms with Crippen LogP contribution in [0.2, 0.25) is 0 Å². The maximum atomic E-state index is 11.6. The van der Waals surface area contributed by atoms with E-state index in [4.69, 9.17) is 9.88 Å². The van der Waals surface area contributed by atoms with Crippen LogP contribution in [0.25, 0.3) is 0 Å². The second-order valence-electron chi connectivity index (χ2n) is 4.58. The van der Waals surface area contributed by atoms with Crippen LogP contribution in [-0.4, -0.2) is 26.9 Å². The molecule has 100 valence electrons. The van der Waals surface area contributed by atoms with Crippen molar-refractivity contribution in [3.63, 3.8) is 0 Å². The second-order valence-corrected chi connectivity index (χ2v) is 7.28. The Kier molecular flexibility index (Phi) is 4.42. The molecule has 2 unspecified atom stereocenters. The molecule has 0 saturated carbocycles. The van der Waals surface area contributed by atoms with Crippen LogP contribution in [0, 0.1) is 5.92 Å². The van der Waals surface area contributed by atoms with Crippen LogP contribution in [0.15, 0.2) is 28.7 Å². The van der Waals surface area contributed by atoms with Crippen molar-refractivity contribution >= 4 is 26.0 Å². The summed E-state index contributed by atoms with van der Waals surface area (Å²) in [5, 5.41) is 4.80. The minimum absolute atomic E-state index is 0.0603. The Balaban J connectivity index is 2.13. The van der Waals surface area contributed by atoms with Crippen LogP contribution in [0.3, 0.4) is 0 Å². The molecule has 0 aliphatic carbocycles. The number of ether oxygens (including phenoxy) is 1. The molecule has 1 saturated heterocycles. The van der Waals surface area contributed by atoms with Crippen molar-refractivity contribution in [1.29, 1.82) is 0 Å². The largest absolute Gasteiger partial charge is 0.381 e. The van der Waals surface area contributed by atoms with Crippen molar-refractivity contribution in [3.05, 3.63) is 34.3 Å². The lowest BCUT2D eigenvalue weighted by atomic mass is 9.94. The number of rotatable bonds is 3. The SMILES string of the molecule is NS(=O)(=O)C1CCOCC1Cc1ccc(Br)cc1. The number of hydrogen-bond acceptors (Lipinski definition) is 3. The standard InChI is InChI=1S/C12H16BrNO3S/c13-11-3-1-9(2-4-11)7-10-8-17-6-5-12(10)18(14,15)16/h1-4,10,12H,5-8H2,(H2,14,15,16). The lowest BCUT2D eigenvalue weighted by Gasteiger charge is -2.29. The zero-order valence-electron chi connectivity index (χ0n) is 9.88. The van der Waals surface area contributed by atoms with E-state index in [2.05, 4.69) is 15.9 Å². The molecule has 18 heavy (non-hydrogen) atoms. The fraction of sp³-hybridized carbons (Fsp3) is 0.500. The first-order valence-electron chi connectivity index (χ1n) is 5.80. The van der Waals surface area contributed by atoms with Gasteiger partial charge in [-0.3, -0.25) is 0 Å². The molecule has 0 amide bonds. The monoisotopic (exact) mass is 333 g/mol. The van der Waals surface area contributed by atoms with Crippen LogP contribution in [0.5, 0.6) is 0 Å². The van der Waals surface area contributed by atoms with Crippen LogP contribution >= 0.6 is 15.9 Å². The molecule has 1 aromatic carbocycles. The van der Waals surface area contributed by atoms with E-state index in [1.165, 1.54) is 0 Å². The summed E-state index contributed by atoms with van der Waals surface area (Å²) in [6.07, 6.45) is 1.16. The normalized spacial score (nSPS) is 25.0. The predicted molar refractivity (Wildman–Crippen MR) is 73.7 cm³/mol. The molecule has 1 heterocycles. The first-order valence-corrected chi connectivity index (χ1v) is 8.21. The molecule has 2 atom stereocenters. The number of sulfonamides is 1. The van der Waals surface area contributed by atoms with Crippen LogP contribution in [0.1, 0.15) is 12.0 Å². The number of nitrogens with two attached hydrogens (primary N) is 1. The number of primary sulfonamides is 1. The molecule has 1 fully saturated rings. The van der Waals surface area contributed by atoms with E-state index < -0.39 is 15.3 Å². The number of hydrogen-bond donors (Lipinski definition) is 1. The molecule has 1 aliphatic heterocycles. The minimum Gasteiger partial charge on any atom is -0.381 e. The van der Waals surface area contributed by atoms with Gasteiger partial charge < -0.3 is 4.74 Å². The van der Waals surface area contributed by atoms with Gasteiger partial charge in [0.05, 0.1) is 11.9 Å². The van der Waals surface area contributed by atoms with Gasteiger partial charge >= 0.3 is 0 Å². The first kappa shape index (κ1) is 14.0. The summed E-state index contributed by atoms with van der Waals surface area (Å²) in [7, 11) is -3.49. The Labute approximate surface area is 116 Å². The molecule has 6 heteroatoms. The van der Waals surface area contributed by atoms with Crippen LogP contribution in [0.4, 0.5) is 0 Å². The molecule has 0 spiro atoms. The summed E-state index contributed by atoms with van der Waals surface area (Å²) in [5.74, 6) is -0.0603. The number of halogens is 1. The van der Waals surface area contributed by atoms with Crippen molar-refractivity contribution in [2.24, 2.45) is 11.1 Å². The summed E-state index contributed by atoms with van der Waals surface area (Å²) in [5.41, 5.74) is 1.10. The Morgan fingerprint density at radius 3 is 2.61 bits per heavy atom. The maximum Gasteiger partial charge on any atom is 0.212 e. The van der Waals surface area contributed by atoms with Gasteiger partial charge in [0.2, 0.25) is 10.0 Å². The zero-order chi connectivity index (χ0) is 13.2. The summed E-state index contributed by atoms with van der Waals surface area (Å²) in [6, 6.07) is 7.87. The molecular weight excluding hydrogens is 318 g/mol. The fourth-order valence-corrected chi connectivity index (χ4v) is 3.72. The third kappa shape index (κ3) is 3.54. The van der Waals surface area contributed by atoms with Gasteiger partial charge in [-0.15, -0.1) is 0 Å². The first-order chi connectivity index (χ1) is 8.47. The Morgan fingerprint density at radius 2 is 2.00 bits per heavy atom. The molecule has 1 aliphatic rings. The highest BCUT2D eigenvalue weighted by molar-refractivity contribution is 9.10. The van der Waals surface area contributed by atoms with E-state index >= 15 is 0 Å². The molecule has 2 rings (SSSR count). The van der Waals surface area contributed by atoms with Crippen molar-refractivity contribution in [2.75, 3.05) is 13.2 Å². The molecule has 0 bridgehead atoms. The smallest absolute Gasteiger partial charge is 0.212 e. The third-order valence-electron chi connectivity index (χ3n) is 3.24. The molecule has 2 N–H and O–H groups in total. The summed E-state index contributed by atoms with van der Waals surface area (Å²) in [6.45, 7) is 0.926.